The van der Waals surface area contributed by atoms with Crippen molar-refractivity contribution < 1.29 is 4.74 Å². The van der Waals surface area contributed by atoms with Crippen LogP contribution in [-0.4, -0.2) is 17.1 Å². The fourth-order valence-corrected chi connectivity index (χ4v) is 0.657. The van der Waals surface area contributed by atoms with Crippen molar-refractivity contribution in [1.82, 2.24) is 9.97 Å². The molecule has 0 fully saturated rings. The van der Waals surface area contributed by atoms with Crippen LogP contribution in [0.5, 0.6) is 5.88 Å². The molecule has 0 unspecified atom stereocenters. The number of aromatic amines is 1. The van der Waals surface area contributed by atoms with Gasteiger partial charge in [0.1, 0.15) is 5.82 Å². The minimum Gasteiger partial charge on any atom is -0.481 e. The van der Waals surface area contributed by atoms with Gasteiger partial charge < -0.3 is 9.72 Å². The summed E-state index contributed by atoms with van der Waals surface area (Å²) in [6.07, 6.45) is 0. The van der Waals surface area contributed by atoms with Crippen LogP contribution in [0.25, 0.3) is 0 Å². The minimum atomic E-state index is -0.190. The molecule has 1 aromatic rings. The average molecular weight is 140 g/mol. The molecule has 1 N–H and O–H groups in total. The summed E-state index contributed by atoms with van der Waals surface area (Å²) >= 11 is 0. The van der Waals surface area contributed by atoms with E-state index in [0.717, 1.165) is 0 Å². The van der Waals surface area contributed by atoms with Gasteiger partial charge >= 0.3 is 0 Å². The zero-order valence-corrected chi connectivity index (χ0v) is 5.84. The van der Waals surface area contributed by atoms with Crippen LogP contribution >= 0.6 is 0 Å². The molecule has 0 bridgehead atoms. The number of nitrogens with zero attached hydrogens (tertiary/aromatic N) is 1. The van der Waals surface area contributed by atoms with Crippen molar-refractivity contribution in [1.29, 1.82) is 0 Å². The van der Waals surface area contributed by atoms with E-state index in [1.165, 1.54) is 13.2 Å². The smallest absolute Gasteiger partial charge is 0.254 e. The second-order valence-corrected chi connectivity index (χ2v) is 1.87. The number of methoxy groups -OCH3 is 1. The first-order valence-electron chi connectivity index (χ1n) is 2.84. The third-order valence-electron chi connectivity index (χ3n) is 1.05. The monoisotopic (exact) mass is 140 g/mol. The molecule has 1 heterocycles. The van der Waals surface area contributed by atoms with Gasteiger partial charge in [0, 0.05) is 0 Å². The Balaban J connectivity index is 3.19. The number of aryl methyl sites for hydroxylation is 1. The van der Waals surface area contributed by atoms with Crippen LogP contribution < -0.4 is 10.3 Å². The highest BCUT2D eigenvalue weighted by Crippen LogP contribution is 1.98. The Morgan fingerprint density at radius 2 is 2.40 bits per heavy atom. The Morgan fingerprint density at radius 3 is 2.90 bits per heavy atom. The number of nitrogens with one attached hydrogen (secondary N) is 1. The van der Waals surface area contributed by atoms with Gasteiger partial charge in [-0.05, 0) is 6.92 Å². The minimum absolute atomic E-state index is 0.190. The highest BCUT2D eigenvalue weighted by Gasteiger charge is 1.94. The van der Waals surface area contributed by atoms with Crippen LogP contribution in [0.15, 0.2) is 10.9 Å². The van der Waals surface area contributed by atoms with Crippen LogP contribution in [0.4, 0.5) is 0 Å². The maximum atomic E-state index is 10.7. The summed E-state index contributed by atoms with van der Waals surface area (Å²) in [5, 5.41) is 0. The molecule has 0 amide bonds. The van der Waals surface area contributed by atoms with E-state index in [1.54, 1.807) is 6.92 Å². The zero-order valence-electron chi connectivity index (χ0n) is 5.84. The topological polar surface area (TPSA) is 55.0 Å². The standard InChI is InChI=1S/C6H8N2O2/c1-4-7-5(9)3-6(8-4)10-2/h3H,1-2H3,(H,7,8,9). The summed E-state index contributed by atoms with van der Waals surface area (Å²) in [4.78, 5) is 17.1. The largest absolute Gasteiger partial charge is 0.481 e. The van der Waals surface area contributed by atoms with Crippen LogP contribution in [-0.2, 0) is 0 Å². The highest BCUT2D eigenvalue weighted by molar-refractivity contribution is 5.07. The van der Waals surface area contributed by atoms with Crippen molar-refractivity contribution in [3.05, 3.63) is 22.2 Å². The first-order chi connectivity index (χ1) is 4.72. The predicted octanol–water partition coefficient (Wildman–Crippen LogP) is 0.0869. The second kappa shape index (κ2) is 2.51. The van der Waals surface area contributed by atoms with E-state index in [1.807, 2.05) is 0 Å². The molecule has 4 nitrogen and oxygen atoms in total. The molecule has 0 spiro atoms. The van der Waals surface area contributed by atoms with E-state index in [9.17, 15) is 4.79 Å². The number of hydrogen-bond acceptors (Lipinski definition) is 3. The molecular weight excluding hydrogens is 132 g/mol. The lowest BCUT2D eigenvalue weighted by molar-refractivity contribution is 0.395. The van der Waals surface area contributed by atoms with Gasteiger partial charge in [-0.3, -0.25) is 4.79 Å². The molecule has 0 aliphatic carbocycles. The molecule has 0 aliphatic heterocycles. The van der Waals surface area contributed by atoms with Crippen molar-refractivity contribution in [2.75, 3.05) is 7.11 Å². The van der Waals surface area contributed by atoms with Gasteiger partial charge in [-0.2, -0.15) is 0 Å². The molecule has 10 heavy (non-hydrogen) atoms. The molecule has 0 aromatic carbocycles. The average Bonchev–Trinajstić information content (AvgIpc) is 1.85. The van der Waals surface area contributed by atoms with E-state index < -0.39 is 0 Å². The second-order valence-electron chi connectivity index (χ2n) is 1.87. The van der Waals surface area contributed by atoms with Crippen LogP contribution in [0.2, 0.25) is 0 Å². The third-order valence-corrected chi connectivity index (χ3v) is 1.05. The van der Waals surface area contributed by atoms with Crippen molar-refractivity contribution in [3.8, 4) is 5.88 Å². The van der Waals surface area contributed by atoms with E-state index in [-0.39, 0.29) is 5.56 Å². The van der Waals surface area contributed by atoms with Crippen molar-refractivity contribution in [2.45, 2.75) is 6.92 Å². The van der Waals surface area contributed by atoms with Crippen molar-refractivity contribution in [2.24, 2.45) is 0 Å². The van der Waals surface area contributed by atoms with Gasteiger partial charge in [0.2, 0.25) is 5.88 Å². The lowest BCUT2D eigenvalue weighted by Crippen LogP contribution is -2.08. The number of ether oxygens (including phenoxy) is 1. The fraction of sp³-hybridized carbons (Fsp3) is 0.333. The summed E-state index contributed by atoms with van der Waals surface area (Å²) in [6, 6.07) is 1.30. The van der Waals surface area contributed by atoms with E-state index in [2.05, 4.69) is 9.97 Å². The van der Waals surface area contributed by atoms with Crippen molar-refractivity contribution in [3.63, 3.8) is 0 Å². The summed E-state index contributed by atoms with van der Waals surface area (Å²) in [5.74, 6) is 0.908. The van der Waals surface area contributed by atoms with Gasteiger partial charge in [-0.15, -0.1) is 0 Å². The third kappa shape index (κ3) is 1.34. The Labute approximate surface area is 57.9 Å². The van der Waals surface area contributed by atoms with Crippen molar-refractivity contribution >= 4 is 0 Å². The van der Waals surface area contributed by atoms with Gasteiger partial charge in [-0.25, -0.2) is 4.98 Å². The highest BCUT2D eigenvalue weighted by atomic mass is 16.5. The van der Waals surface area contributed by atoms with E-state index in [0.29, 0.717) is 11.7 Å². The molecule has 0 aliphatic rings. The molecule has 54 valence electrons. The predicted molar refractivity (Wildman–Crippen MR) is 36.1 cm³/mol. The number of hydrogen-bond donors (Lipinski definition) is 1. The maximum Gasteiger partial charge on any atom is 0.254 e. The SMILES string of the molecule is COc1cc(=O)[nH]c(C)n1. The van der Waals surface area contributed by atoms with Gasteiger partial charge in [-0.1, -0.05) is 0 Å². The summed E-state index contributed by atoms with van der Waals surface area (Å²) in [7, 11) is 1.47. The van der Waals surface area contributed by atoms with Gasteiger partial charge in [0.15, 0.2) is 0 Å². The van der Waals surface area contributed by atoms with E-state index >= 15 is 0 Å². The molecule has 0 radical (unpaired) electrons. The van der Waals surface area contributed by atoms with Gasteiger partial charge in [0.25, 0.3) is 5.56 Å². The van der Waals surface area contributed by atoms with Crippen LogP contribution in [0, 0.1) is 6.92 Å². The Kier molecular flexibility index (Phi) is 1.71. The normalized spacial score (nSPS) is 9.40. The molecule has 0 saturated heterocycles. The Hall–Kier alpha value is -1.32. The zero-order chi connectivity index (χ0) is 7.56. The maximum absolute atomic E-state index is 10.7. The molecule has 0 saturated carbocycles. The first kappa shape index (κ1) is 6.80. The van der Waals surface area contributed by atoms with E-state index in [4.69, 9.17) is 4.74 Å². The molecule has 4 heteroatoms. The molecule has 1 rings (SSSR count). The Bertz CT molecular complexity index is 279. The number of rotatable bonds is 1. The lowest BCUT2D eigenvalue weighted by Gasteiger charge is -1.96. The summed E-state index contributed by atoms with van der Waals surface area (Å²) in [6.45, 7) is 1.70. The number of H-pyrrole nitrogens is 1. The first-order valence-corrected chi connectivity index (χ1v) is 2.84. The molecule has 0 atom stereocenters. The fourth-order valence-electron chi connectivity index (χ4n) is 0.657. The molecular formula is C6H8N2O2. The van der Waals surface area contributed by atoms with Crippen LogP contribution in [0.1, 0.15) is 5.82 Å². The van der Waals surface area contributed by atoms with Crippen LogP contribution in [0.3, 0.4) is 0 Å². The Morgan fingerprint density at radius 1 is 1.70 bits per heavy atom. The number of aromatic nitrogens is 2. The summed E-state index contributed by atoms with van der Waals surface area (Å²) < 4.78 is 4.74. The lowest BCUT2D eigenvalue weighted by atomic mass is 10.6. The van der Waals surface area contributed by atoms with Gasteiger partial charge in [0.05, 0.1) is 13.2 Å². The summed E-state index contributed by atoms with van der Waals surface area (Å²) in [5.41, 5.74) is -0.190. The molecule has 1 aromatic heterocycles. The quantitative estimate of drug-likeness (QED) is 0.601.